The number of rotatable bonds is 6. The molecule has 0 bridgehead atoms. The summed E-state index contributed by atoms with van der Waals surface area (Å²) >= 11 is 2.89. The number of carbonyl (C=O) groups excluding carboxylic acids is 1. The number of carbonyl (C=O) groups is 1. The van der Waals surface area contributed by atoms with Crippen molar-refractivity contribution in [3.63, 3.8) is 0 Å². The van der Waals surface area contributed by atoms with E-state index in [0.29, 0.717) is 10.8 Å². The minimum Gasteiger partial charge on any atom is -0.389 e. The first-order valence-corrected chi connectivity index (χ1v) is 8.68. The fraction of sp³-hybridized carbons (Fsp3) is 0.333. The number of hydrogen-bond acceptors (Lipinski definition) is 5. The number of nitrogens with two attached hydrogens (primary N) is 1. The number of amides is 1. The molecule has 0 aliphatic rings. The summed E-state index contributed by atoms with van der Waals surface area (Å²) in [5, 5.41) is 0.694. The van der Waals surface area contributed by atoms with Crippen LogP contribution in [0.3, 0.4) is 0 Å². The Morgan fingerprint density at radius 3 is 2.57 bits per heavy atom. The lowest BCUT2D eigenvalue weighted by Gasteiger charge is -2.17. The van der Waals surface area contributed by atoms with Crippen LogP contribution in [0, 0.1) is 0 Å². The first-order chi connectivity index (χ1) is 10.2. The summed E-state index contributed by atoms with van der Waals surface area (Å²) in [7, 11) is 0. The van der Waals surface area contributed by atoms with Crippen molar-refractivity contribution in [1.29, 1.82) is 0 Å². The zero-order valence-corrected chi connectivity index (χ0v) is 13.8. The molecule has 0 aliphatic carbocycles. The number of nitrogen functional groups attached to an aromatic ring is 1. The lowest BCUT2D eigenvalue weighted by atomic mass is 10.2. The number of benzene rings is 1. The van der Waals surface area contributed by atoms with Crippen LogP contribution in [0.25, 0.3) is 11.3 Å². The highest BCUT2D eigenvalue weighted by molar-refractivity contribution is 8.01. The van der Waals surface area contributed by atoms with Gasteiger partial charge in [0.15, 0.2) is 4.34 Å². The molecule has 1 amide bonds. The molecule has 0 radical (unpaired) electrons. The zero-order chi connectivity index (χ0) is 15.2. The highest BCUT2D eigenvalue weighted by Gasteiger charge is 2.14. The summed E-state index contributed by atoms with van der Waals surface area (Å²) in [6, 6.07) is 9.86. The molecule has 0 unspecified atom stereocenters. The van der Waals surface area contributed by atoms with E-state index in [0.717, 1.165) is 28.7 Å². The maximum absolute atomic E-state index is 12.0. The molecule has 1 aromatic heterocycles. The molecule has 112 valence electrons. The van der Waals surface area contributed by atoms with Crippen LogP contribution >= 0.6 is 23.1 Å². The minimum absolute atomic E-state index is 0.139. The number of hydrogen-bond donors (Lipinski definition) is 1. The molecular formula is C15H19N3OS2. The Morgan fingerprint density at radius 1 is 1.29 bits per heavy atom. The van der Waals surface area contributed by atoms with Gasteiger partial charge in [-0.2, -0.15) is 0 Å². The van der Waals surface area contributed by atoms with Gasteiger partial charge in [0.05, 0.1) is 5.75 Å². The van der Waals surface area contributed by atoms with Crippen LogP contribution in [-0.2, 0) is 4.79 Å². The number of anilines is 1. The predicted octanol–water partition coefficient (Wildman–Crippen LogP) is 3.35. The lowest BCUT2D eigenvalue weighted by Crippen LogP contribution is -2.31. The zero-order valence-electron chi connectivity index (χ0n) is 12.2. The van der Waals surface area contributed by atoms with Crippen molar-refractivity contribution in [1.82, 2.24) is 9.88 Å². The van der Waals surface area contributed by atoms with Crippen LogP contribution < -0.4 is 5.73 Å². The minimum atomic E-state index is 0.139. The van der Waals surface area contributed by atoms with Crippen molar-refractivity contribution in [2.75, 3.05) is 24.6 Å². The standard InChI is InChI=1S/C15H19N3OS2/c1-3-18(4-2)12(19)10-20-15-17-13(14(16)21-15)11-8-6-5-7-9-11/h5-9H,3-4,10,16H2,1-2H3. The molecule has 0 fully saturated rings. The van der Waals surface area contributed by atoms with Gasteiger partial charge < -0.3 is 10.6 Å². The molecule has 0 atom stereocenters. The molecule has 0 saturated carbocycles. The Hall–Kier alpha value is -1.53. The van der Waals surface area contributed by atoms with Gasteiger partial charge in [-0.05, 0) is 13.8 Å². The second-order valence-electron chi connectivity index (χ2n) is 4.41. The van der Waals surface area contributed by atoms with E-state index >= 15 is 0 Å². The largest absolute Gasteiger partial charge is 0.389 e. The van der Waals surface area contributed by atoms with E-state index in [1.807, 2.05) is 49.1 Å². The van der Waals surface area contributed by atoms with Crippen LogP contribution in [0.1, 0.15) is 13.8 Å². The fourth-order valence-corrected chi connectivity index (χ4v) is 3.82. The van der Waals surface area contributed by atoms with Crippen molar-refractivity contribution < 1.29 is 4.79 Å². The van der Waals surface area contributed by atoms with Gasteiger partial charge in [0.2, 0.25) is 5.91 Å². The average Bonchev–Trinajstić information content (AvgIpc) is 2.88. The quantitative estimate of drug-likeness (QED) is 0.829. The van der Waals surface area contributed by atoms with Gasteiger partial charge in [0.25, 0.3) is 0 Å². The molecule has 6 heteroatoms. The molecule has 2 N–H and O–H groups in total. The Bertz CT molecular complexity index is 594. The van der Waals surface area contributed by atoms with Crippen molar-refractivity contribution >= 4 is 34.0 Å². The summed E-state index contributed by atoms with van der Waals surface area (Å²) in [4.78, 5) is 18.4. The number of aromatic nitrogens is 1. The summed E-state index contributed by atoms with van der Waals surface area (Å²) in [6.07, 6.45) is 0. The molecule has 1 aromatic carbocycles. The van der Waals surface area contributed by atoms with Crippen LogP contribution in [0.5, 0.6) is 0 Å². The molecule has 4 nitrogen and oxygen atoms in total. The van der Waals surface area contributed by atoms with E-state index in [4.69, 9.17) is 5.73 Å². The van der Waals surface area contributed by atoms with Crippen molar-refractivity contribution in [3.8, 4) is 11.3 Å². The van der Waals surface area contributed by atoms with Gasteiger partial charge >= 0.3 is 0 Å². The molecule has 0 aliphatic heterocycles. The normalized spacial score (nSPS) is 10.6. The monoisotopic (exact) mass is 321 g/mol. The van der Waals surface area contributed by atoms with Crippen molar-refractivity contribution in [2.24, 2.45) is 0 Å². The number of thioether (sulfide) groups is 1. The molecule has 0 spiro atoms. The van der Waals surface area contributed by atoms with E-state index in [-0.39, 0.29) is 5.91 Å². The maximum atomic E-state index is 12.0. The topological polar surface area (TPSA) is 59.2 Å². The van der Waals surface area contributed by atoms with E-state index < -0.39 is 0 Å². The SMILES string of the molecule is CCN(CC)C(=O)CSc1nc(-c2ccccc2)c(N)s1. The second-order valence-corrected chi connectivity index (χ2v) is 6.67. The molecule has 0 saturated heterocycles. The lowest BCUT2D eigenvalue weighted by molar-refractivity contribution is -0.127. The van der Waals surface area contributed by atoms with Crippen LogP contribution in [0.2, 0.25) is 0 Å². The van der Waals surface area contributed by atoms with Crippen LogP contribution in [0.15, 0.2) is 34.7 Å². The smallest absolute Gasteiger partial charge is 0.232 e. The molecule has 1 heterocycles. The fourth-order valence-electron chi connectivity index (χ4n) is 1.97. The van der Waals surface area contributed by atoms with Gasteiger partial charge in [0.1, 0.15) is 10.7 Å². The van der Waals surface area contributed by atoms with E-state index in [2.05, 4.69) is 4.98 Å². The Balaban J connectivity index is 2.05. The van der Waals surface area contributed by atoms with Crippen LogP contribution in [0.4, 0.5) is 5.00 Å². The van der Waals surface area contributed by atoms with Gasteiger partial charge in [-0.1, -0.05) is 53.4 Å². The van der Waals surface area contributed by atoms with Gasteiger partial charge in [-0.25, -0.2) is 4.98 Å². The summed E-state index contributed by atoms with van der Waals surface area (Å²) < 4.78 is 0.840. The van der Waals surface area contributed by atoms with E-state index in [1.54, 1.807) is 0 Å². The molecule has 21 heavy (non-hydrogen) atoms. The third-order valence-corrected chi connectivity index (χ3v) is 5.13. The highest BCUT2D eigenvalue weighted by Crippen LogP contribution is 2.35. The maximum Gasteiger partial charge on any atom is 0.232 e. The van der Waals surface area contributed by atoms with Crippen molar-refractivity contribution in [2.45, 2.75) is 18.2 Å². The van der Waals surface area contributed by atoms with Gasteiger partial charge in [-0.15, -0.1) is 0 Å². The van der Waals surface area contributed by atoms with E-state index in [1.165, 1.54) is 23.1 Å². The number of nitrogens with zero attached hydrogens (tertiary/aromatic N) is 2. The summed E-state index contributed by atoms with van der Waals surface area (Å²) in [5.41, 5.74) is 7.85. The first kappa shape index (κ1) is 15.9. The van der Waals surface area contributed by atoms with Crippen molar-refractivity contribution in [3.05, 3.63) is 30.3 Å². The second kappa shape index (κ2) is 7.47. The third-order valence-electron chi connectivity index (χ3n) is 3.12. The van der Waals surface area contributed by atoms with Crippen LogP contribution in [-0.4, -0.2) is 34.6 Å². The highest BCUT2D eigenvalue weighted by atomic mass is 32.2. The average molecular weight is 321 g/mol. The Morgan fingerprint density at radius 2 is 1.95 bits per heavy atom. The Labute approximate surface area is 133 Å². The summed E-state index contributed by atoms with van der Waals surface area (Å²) in [6.45, 7) is 5.46. The molecule has 2 aromatic rings. The Kier molecular flexibility index (Phi) is 5.64. The first-order valence-electron chi connectivity index (χ1n) is 6.88. The molecular weight excluding hydrogens is 302 g/mol. The third kappa shape index (κ3) is 3.98. The molecule has 2 rings (SSSR count). The van der Waals surface area contributed by atoms with E-state index in [9.17, 15) is 4.79 Å². The predicted molar refractivity (Wildman–Crippen MR) is 90.6 cm³/mol. The number of thiazole rings is 1. The van der Waals surface area contributed by atoms with Gasteiger partial charge in [-0.3, -0.25) is 4.79 Å². The summed E-state index contributed by atoms with van der Waals surface area (Å²) in [5.74, 6) is 0.545. The van der Waals surface area contributed by atoms with Gasteiger partial charge in [0, 0.05) is 18.7 Å².